The molecule has 0 aliphatic rings. The summed E-state index contributed by atoms with van der Waals surface area (Å²) in [4.78, 5) is 4.42. The standard InChI is InChI=1S/C13H11N3O/c1-8-10-7-14-11-6-4-3-5-9(11)12(10)13(17-2)16-15-8/h3-7H,1-2H3. The van der Waals surface area contributed by atoms with Crippen molar-refractivity contribution in [1.29, 1.82) is 0 Å². The summed E-state index contributed by atoms with van der Waals surface area (Å²) in [6, 6.07) is 7.95. The maximum absolute atomic E-state index is 5.29. The second-order valence-electron chi connectivity index (χ2n) is 3.86. The molecule has 0 aliphatic heterocycles. The summed E-state index contributed by atoms with van der Waals surface area (Å²) in [5.41, 5.74) is 1.80. The van der Waals surface area contributed by atoms with E-state index in [1.54, 1.807) is 7.11 Å². The first-order valence-corrected chi connectivity index (χ1v) is 5.36. The Bertz CT molecular complexity index is 709. The molecular formula is C13H11N3O. The molecule has 0 radical (unpaired) electrons. The first-order chi connectivity index (χ1) is 8.31. The fourth-order valence-electron chi connectivity index (χ4n) is 2.01. The molecule has 0 spiro atoms. The summed E-state index contributed by atoms with van der Waals surface area (Å²) in [6.07, 6.45) is 1.82. The Morgan fingerprint density at radius 3 is 2.71 bits per heavy atom. The summed E-state index contributed by atoms with van der Waals surface area (Å²) in [6.45, 7) is 1.92. The molecule has 2 heterocycles. The Morgan fingerprint density at radius 1 is 1.06 bits per heavy atom. The van der Waals surface area contributed by atoms with E-state index in [4.69, 9.17) is 4.74 Å². The van der Waals surface area contributed by atoms with Crippen LogP contribution in [0.25, 0.3) is 21.7 Å². The van der Waals surface area contributed by atoms with Crippen LogP contribution in [-0.2, 0) is 0 Å². The minimum Gasteiger partial charge on any atom is -0.479 e. The summed E-state index contributed by atoms with van der Waals surface area (Å²) in [7, 11) is 1.61. The Kier molecular flexibility index (Phi) is 2.14. The van der Waals surface area contributed by atoms with Crippen LogP contribution in [0.2, 0.25) is 0 Å². The third-order valence-electron chi connectivity index (χ3n) is 2.86. The van der Waals surface area contributed by atoms with Gasteiger partial charge in [-0.2, -0.15) is 5.10 Å². The number of aromatic nitrogens is 3. The van der Waals surface area contributed by atoms with Crippen molar-refractivity contribution in [3.05, 3.63) is 36.2 Å². The van der Waals surface area contributed by atoms with Gasteiger partial charge in [0.05, 0.1) is 23.7 Å². The molecule has 0 N–H and O–H groups in total. The zero-order valence-electron chi connectivity index (χ0n) is 9.64. The third kappa shape index (κ3) is 1.41. The van der Waals surface area contributed by atoms with E-state index in [1.807, 2.05) is 37.4 Å². The quantitative estimate of drug-likeness (QED) is 0.597. The van der Waals surface area contributed by atoms with Crippen molar-refractivity contribution in [2.75, 3.05) is 7.11 Å². The van der Waals surface area contributed by atoms with Gasteiger partial charge in [0.15, 0.2) is 0 Å². The number of para-hydroxylation sites is 1. The van der Waals surface area contributed by atoms with Crippen LogP contribution in [0.15, 0.2) is 30.5 Å². The first kappa shape index (κ1) is 9.96. The monoisotopic (exact) mass is 225 g/mol. The Balaban J connectivity index is 2.59. The highest BCUT2D eigenvalue weighted by atomic mass is 16.5. The van der Waals surface area contributed by atoms with Crippen LogP contribution in [-0.4, -0.2) is 22.3 Å². The van der Waals surface area contributed by atoms with Gasteiger partial charge < -0.3 is 4.74 Å². The van der Waals surface area contributed by atoms with E-state index in [1.165, 1.54) is 0 Å². The topological polar surface area (TPSA) is 47.9 Å². The molecule has 0 unspecified atom stereocenters. The molecule has 0 saturated heterocycles. The molecule has 2 aromatic heterocycles. The van der Waals surface area contributed by atoms with Gasteiger partial charge in [0.2, 0.25) is 5.88 Å². The maximum atomic E-state index is 5.29. The number of ether oxygens (including phenoxy) is 1. The minimum atomic E-state index is 0.546. The fraction of sp³-hybridized carbons (Fsp3) is 0.154. The van der Waals surface area contributed by atoms with Crippen LogP contribution in [0.5, 0.6) is 5.88 Å². The molecule has 0 bridgehead atoms. The molecule has 1 aromatic carbocycles. The van der Waals surface area contributed by atoms with Crippen molar-refractivity contribution in [3.8, 4) is 5.88 Å². The lowest BCUT2D eigenvalue weighted by Crippen LogP contribution is -1.96. The van der Waals surface area contributed by atoms with Gasteiger partial charge in [-0.05, 0) is 13.0 Å². The van der Waals surface area contributed by atoms with Crippen molar-refractivity contribution in [1.82, 2.24) is 15.2 Å². The van der Waals surface area contributed by atoms with Crippen LogP contribution in [0, 0.1) is 6.92 Å². The maximum Gasteiger partial charge on any atom is 0.241 e. The van der Waals surface area contributed by atoms with E-state index >= 15 is 0 Å². The van der Waals surface area contributed by atoms with Crippen LogP contribution in [0.1, 0.15) is 5.69 Å². The van der Waals surface area contributed by atoms with Gasteiger partial charge in [-0.3, -0.25) is 4.98 Å². The van der Waals surface area contributed by atoms with E-state index in [0.717, 1.165) is 27.4 Å². The van der Waals surface area contributed by atoms with Gasteiger partial charge >= 0.3 is 0 Å². The van der Waals surface area contributed by atoms with Crippen molar-refractivity contribution in [2.24, 2.45) is 0 Å². The van der Waals surface area contributed by atoms with Gasteiger partial charge in [-0.25, -0.2) is 0 Å². The van der Waals surface area contributed by atoms with E-state index in [2.05, 4.69) is 15.2 Å². The summed E-state index contributed by atoms with van der Waals surface area (Å²) >= 11 is 0. The lowest BCUT2D eigenvalue weighted by atomic mass is 10.1. The number of nitrogens with zero attached hydrogens (tertiary/aromatic N) is 3. The SMILES string of the molecule is COc1nnc(C)c2cnc3ccccc3c12. The second kappa shape index (κ2) is 3.66. The van der Waals surface area contributed by atoms with Crippen molar-refractivity contribution in [3.63, 3.8) is 0 Å². The normalized spacial score (nSPS) is 10.9. The number of aryl methyl sites for hydroxylation is 1. The third-order valence-corrected chi connectivity index (χ3v) is 2.86. The van der Waals surface area contributed by atoms with Crippen molar-refractivity contribution >= 4 is 21.7 Å². The minimum absolute atomic E-state index is 0.546. The van der Waals surface area contributed by atoms with Gasteiger partial charge in [0.25, 0.3) is 0 Å². The molecule has 0 atom stereocenters. The molecule has 17 heavy (non-hydrogen) atoms. The lowest BCUT2D eigenvalue weighted by Gasteiger charge is -2.08. The average Bonchev–Trinajstić information content (AvgIpc) is 2.39. The predicted molar refractivity (Wildman–Crippen MR) is 66.1 cm³/mol. The molecule has 0 fully saturated rings. The number of pyridine rings is 1. The number of benzene rings is 1. The zero-order valence-corrected chi connectivity index (χ0v) is 9.64. The van der Waals surface area contributed by atoms with Crippen LogP contribution in [0.3, 0.4) is 0 Å². The number of methoxy groups -OCH3 is 1. The highest BCUT2D eigenvalue weighted by Gasteiger charge is 2.11. The molecule has 4 heteroatoms. The summed E-state index contributed by atoms with van der Waals surface area (Å²) < 4.78 is 5.29. The summed E-state index contributed by atoms with van der Waals surface area (Å²) in [5, 5.41) is 11.1. The molecule has 84 valence electrons. The molecule has 0 saturated carbocycles. The van der Waals surface area contributed by atoms with E-state index in [0.29, 0.717) is 5.88 Å². The number of hydrogen-bond acceptors (Lipinski definition) is 4. The fourth-order valence-corrected chi connectivity index (χ4v) is 2.01. The Morgan fingerprint density at radius 2 is 1.88 bits per heavy atom. The molecule has 3 aromatic rings. The van der Waals surface area contributed by atoms with Gasteiger partial charge in [0, 0.05) is 17.0 Å². The first-order valence-electron chi connectivity index (χ1n) is 5.36. The van der Waals surface area contributed by atoms with Gasteiger partial charge in [0.1, 0.15) is 0 Å². The largest absolute Gasteiger partial charge is 0.479 e. The van der Waals surface area contributed by atoms with E-state index < -0.39 is 0 Å². The highest BCUT2D eigenvalue weighted by molar-refractivity contribution is 6.08. The molecule has 0 aliphatic carbocycles. The predicted octanol–water partition coefficient (Wildman–Crippen LogP) is 2.50. The zero-order chi connectivity index (χ0) is 11.8. The van der Waals surface area contributed by atoms with E-state index in [-0.39, 0.29) is 0 Å². The van der Waals surface area contributed by atoms with Crippen molar-refractivity contribution < 1.29 is 4.74 Å². The van der Waals surface area contributed by atoms with Gasteiger partial charge in [-0.1, -0.05) is 18.2 Å². The highest BCUT2D eigenvalue weighted by Crippen LogP contribution is 2.30. The Hall–Kier alpha value is -2.23. The molecule has 3 rings (SSSR count). The molecule has 4 nitrogen and oxygen atoms in total. The average molecular weight is 225 g/mol. The second-order valence-corrected chi connectivity index (χ2v) is 3.86. The smallest absolute Gasteiger partial charge is 0.241 e. The molecular weight excluding hydrogens is 214 g/mol. The van der Waals surface area contributed by atoms with E-state index in [9.17, 15) is 0 Å². The van der Waals surface area contributed by atoms with Crippen LogP contribution >= 0.6 is 0 Å². The van der Waals surface area contributed by atoms with Crippen LogP contribution in [0.4, 0.5) is 0 Å². The molecule has 0 amide bonds. The lowest BCUT2D eigenvalue weighted by molar-refractivity contribution is 0.397. The number of hydrogen-bond donors (Lipinski definition) is 0. The van der Waals surface area contributed by atoms with Crippen molar-refractivity contribution in [2.45, 2.75) is 6.92 Å². The summed E-state index contributed by atoms with van der Waals surface area (Å²) in [5.74, 6) is 0.546. The Labute approximate surface area is 98.3 Å². The number of rotatable bonds is 1. The van der Waals surface area contributed by atoms with Gasteiger partial charge in [-0.15, -0.1) is 5.10 Å². The van der Waals surface area contributed by atoms with Crippen LogP contribution < -0.4 is 4.74 Å². The number of fused-ring (bicyclic) bond motifs is 3.